The van der Waals surface area contributed by atoms with E-state index in [1.807, 2.05) is 13.0 Å². The van der Waals surface area contributed by atoms with Gasteiger partial charge in [-0.3, -0.25) is 4.79 Å². The SMILES string of the molecule is CCC1CCC(NC(=O)c2cc(C)c(Br)s2)(C(N)=S)CC1. The number of carbonyl (C=O) groups is 1. The minimum atomic E-state index is -0.511. The first-order valence-electron chi connectivity index (χ1n) is 7.26. The molecule has 1 saturated carbocycles. The Balaban J connectivity index is 2.13. The van der Waals surface area contributed by atoms with Crippen LogP contribution in [0, 0.1) is 12.8 Å². The van der Waals surface area contributed by atoms with E-state index in [0.717, 1.165) is 41.0 Å². The average molecular weight is 389 g/mol. The van der Waals surface area contributed by atoms with E-state index in [0.29, 0.717) is 9.87 Å². The second-order valence-corrected chi connectivity index (χ2v) is 8.63. The van der Waals surface area contributed by atoms with Crippen molar-refractivity contribution in [1.29, 1.82) is 0 Å². The van der Waals surface area contributed by atoms with Crippen molar-refractivity contribution >= 4 is 50.4 Å². The monoisotopic (exact) mass is 388 g/mol. The van der Waals surface area contributed by atoms with Crippen LogP contribution in [-0.2, 0) is 0 Å². The van der Waals surface area contributed by atoms with Crippen molar-refractivity contribution in [3.05, 3.63) is 20.3 Å². The number of rotatable bonds is 4. The Morgan fingerprint density at radius 2 is 2.19 bits per heavy atom. The van der Waals surface area contributed by atoms with Gasteiger partial charge in [-0.05, 0) is 66.1 Å². The molecule has 0 spiro atoms. The molecule has 0 aromatic carbocycles. The van der Waals surface area contributed by atoms with Gasteiger partial charge in [0, 0.05) is 0 Å². The van der Waals surface area contributed by atoms with E-state index in [-0.39, 0.29) is 5.91 Å². The molecule has 0 radical (unpaired) electrons. The fraction of sp³-hybridized carbons (Fsp3) is 0.600. The van der Waals surface area contributed by atoms with Crippen LogP contribution in [-0.4, -0.2) is 16.4 Å². The lowest BCUT2D eigenvalue weighted by molar-refractivity contribution is 0.0902. The smallest absolute Gasteiger partial charge is 0.262 e. The Morgan fingerprint density at radius 3 is 2.62 bits per heavy atom. The molecular weight excluding hydrogens is 368 g/mol. The van der Waals surface area contributed by atoms with Crippen molar-refractivity contribution in [1.82, 2.24) is 5.32 Å². The van der Waals surface area contributed by atoms with Crippen LogP contribution in [0.25, 0.3) is 0 Å². The highest BCUT2D eigenvalue weighted by molar-refractivity contribution is 9.11. The van der Waals surface area contributed by atoms with Crippen molar-refractivity contribution in [3.8, 4) is 0 Å². The first-order chi connectivity index (χ1) is 9.88. The number of halogens is 1. The normalized spacial score (nSPS) is 25.6. The fourth-order valence-electron chi connectivity index (χ4n) is 2.86. The zero-order chi connectivity index (χ0) is 15.6. The van der Waals surface area contributed by atoms with Crippen LogP contribution in [0.3, 0.4) is 0 Å². The minimum absolute atomic E-state index is 0.0726. The molecule has 0 unspecified atom stereocenters. The van der Waals surface area contributed by atoms with E-state index in [9.17, 15) is 4.79 Å². The zero-order valence-electron chi connectivity index (χ0n) is 12.4. The van der Waals surface area contributed by atoms with Gasteiger partial charge in [-0.2, -0.15) is 0 Å². The third-order valence-electron chi connectivity index (χ3n) is 4.44. The number of aryl methyl sites for hydroxylation is 1. The molecule has 1 fully saturated rings. The lowest BCUT2D eigenvalue weighted by Gasteiger charge is -2.39. The molecule has 1 aliphatic carbocycles. The quantitative estimate of drug-likeness (QED) is 0.760. The van der Waals surface area contributed by atoms with E-state index in [4.69, 9.17) is 18.0 Å². The third-order valence-corrected chi connectivity index (χ3v) is 6.97. The topological polar surface area (TPSA) is 55.1 Å². The predicted octanol–water partition coefficient (Wildman–Crippen LogP) is 4.17. The molecule has 1 heterocycles. The predicted molar refractivity (Wildman–Crippen MR) is 96.0 cm³/mol. The molecule has 0 atom stereocenters. The first kappa shape index (κ1) is 16.9. The summed E-state index contributed by atoms with van der Waals surface area (Å²) in [5.74, 6) is 0.652. The Labute approximate surface area is 143 Å². The second-order valence-electron chi connectivity index (χ2n) is 5.82. The highest BCUT2D eigenvalue weighted by Gasteiger charge is 2.39. The first-order valence-corrected chi connectivity index (χ1v) is 9.28. The average Bonchev–Trinajstić information content (AvgIpc) is 2.79. The summed E-state index contributed by atoms with van der Waals surface area (Å²) in [6.07, 6.45) is 5.01. The van der Waals surface area contributed by atoms with Crippen molar-refractivity contribution in [2.75, 3.05) is 0 Å². The van der Waals surface area contributed by atoms with E-state index in [1.54, 1.807) is 0 Å². The molecule has 0 aliphatic heterocycles. The molecule has 116 valence electrons. The van der Waals surface area contributed by atoms with Crippen LogP contribution < -0.4 is 11.1 Å². The van der Waals surface area contributed by atoms with E-state index in [1.165, 1.54) is 17.8 Å². The van der Waals surface area contributed by atoms with E-state index >= 15 is 0 Å². The summed E-state index contributed by atoms with van der Waals surface area (Å²) in [6.45, 7) is 4.19. The van der Waals surface area contributed by atoms with Gasteiger partial charge in [0.2, 0.25) is 0 Å². The fourth-order valence-corrected chi connectivity index (χ4v) is 4.55. The maximum Gasteiger partial charge on any atom is 0.262 e. The molecule has 1 aliphatic rings. The third kappa shape index (κ3) is 3.66. The van der Waals surface area contributed by atoms with Gasteiger partial charge in [0.25, 0.3) is 5.91 Å². The number of thiophene rings is 1. The molecule has 1 amide bonds. The number of thiocarbonyl (C=S) groups is 1. The lowest BCUT2D eigenvalue weighted by Crippen LogP contribution is -2.58. The summed E-state index contributed by atoms with van der Waals surface area (Å²) in [6, 6.07) is 1.90. The van der Waals surface area contributed by atoms with Crippen LogP contribution in [0.5, 0.6) is 0 Å². The molecule has 21 heavy (non-hydrogen) atoms. The van der Waals surface area contributed by atoms with Crippen molar-refractivity contribution in [2.24, 2.45) is 11.7 Å². The summed E-state index contributed by atoms with van der Waals surface area (Å²) in [5, 5.41) is 3.12. The maximum atomic E-state index is 12.5. The summed E-state index contributed by atoms with van der Waals surface area (Å²) < 4.78 is 0.992. The van der Waals surface area contributed by atoms with Crippen LogP contribution in [0.2, 0.25) is 0 Å². The highest BCUT2D eigenvalue weighted by Crippen LogP contribution is 2.35. The number of hydrogen-bond donors (Lipinski definition) is 2. The zero-order valence-corrected chi connectivity index (χ0v) is 15.6. The number of nitrogens with one attached hydrogen (secondary N) is 1. The number of nitrogens with two attached hydrogens (primary N) is 1. The number of hydrogen-bond acceptors (Lipinski definition) is 3. The summed E-state index contributed by atoms with van der Waals surface area (Å²) >= 11 is 10.2. The largest absolute Gasteiger partial charge is 0.391 e. The highest BCUT2D eigenvalue weighted by atomic mass is 79.9. The minimum Gasteiger partial charge on any atom is -0.391 e. The number of carbonyl (C=O) groups excluding carboxylic acids is 1. The molecule has 6 heteroatoms. The van der Waals surface area contributed by atoms with Gasteiger partial charge in [-0.25, -0.2) is 0 Å². The van der Waals surface area contributed by atoms with Crippen molar-refractivity contribution < 1.29 is 4.79 Å². The van der Waals surface area contributed by atoms with Gasteiger partial charge in [0.1, 0.15) is 0 Å². The van der Waals surface area contributed by atoms with E-state index < -0.39 is 5.54 Å². The second kappa shape index (κ2) is 6.75. The Morgan fingerprint density at radius 1 is 1.57 bits per heavy atom. The molecule has 2 rings (SSSR count). The molecular formula is C15H21BrN2OS2. The maximum absolute atomic E-state index is 12.5. The summed E-state index contributed by atoms with van der Waals surface area (Å²) in [4.78, 5) is 13.6. The van der Waals surface area contributed by atoms with Gasteiger partial charge in [-0.15, -0.1) is 11.3 Å². The molecule has 0 bridgehead atoms. The Kier molecular flexibility index (Phi) is 5.43. The van der Waals surface area contributed by atoms with Gasteiger partial charge >= 0.3 is 0 Å². The van der Waals surface area contributed by atoms with Crippen molar-refractivity contribution in [2.45, 2.75) is 51.5 Å². The van der Waals surface area contributed by atoms with Crippen LogP contribution in [0.15, 0.2) is 9.85 Å². The Hall–Kier alpha value is -0.460. The van der Waals surface area contributed by atoms with Crippen molar-refractivity contribution in [3.63, 3.8) is 0 Å². The molecule has 1 aromatic heterocycles. The van der Waals surface area contributed by atoms with Gasteiger partial charge in [0.15, 0.2) is 0 Å². The molecule has 3 nitrogen and oxygen atoms in total. The molecule has 0 saturated heterocycles. The standard InChI is InChI=1S/C15H21BrN2OS2/c1-3-10-4-6-15(7-5-10,14(17)20)18-13(19)11-8-9(2)12(16)21-11/h8,10H,3-7H2,1-2H3,(H2,17,20)(H,18,19). The van der Waals surface area contributed by atoms with Crippen LogP contribution >= 0.6 is 39.5 Å². The van der Waals surface area contributed by atoms with E-state index in [2.05, 4.69) is 28.2 Å². The van der Waals surface area contributed by atoms with Gasteiger partial charge in [-0.1, -0.05) is 25.6 Å². The number of amides is 1. The van der Waals surface area contributed by atoms with Gasteiger partial charge in [0.05, 0.1) is 19.2 Å². The van der Waals surface area contributed by atoms with Crippen LogP contribution in [0.1, 0.15) is 54.3 Å². The van der Waals surface area contributed by atoms with Gasteiger partial charge < -0.3 is 11.1 Å². The summed E-state index contributed by atoms with van der Waals surface area (Å²) in [7, 11) is 0. The molecule has 3 N–H and O–H groups in total. The lowest BCUT2D eigenvalue weighted by atomic mass is 9.75. The Bertz CT molecular complexity index is 528. The van der Waals surface area contributed by atoms with Crippen LogP contribution in [0.4, 0.5) is 0 Å². The molecule has 1 aromatic rings. The summed E-state index contributed by atoms with van der Waals surface area (Å²) in [5.41, 5.74) is 6.52.